The summed E-state index contributed by atoms with van der Waals surface area (Å²) in [6.07, 6.45) is 0.617. The fourth-order valence-electron chi connectivity index (χ4n) is 1.34. The van der Waals surface area contributed by atoms with Crippen LogP contribution in [0.5, 0.6) is 5.75 Å². The average Bonchev–Trinajstić information content (AvgIpc) is 2.38. The number of benzene rings is 1. The highest BCUT2D eigenvalue weighted by Crippen LogP contribution is 2.19. The average molecular weight is 237 g/mol. The number of hydrogen-bond donors (Lipinski definition) is 1. The molecule has 4 heteroatoms. The molecular weight excluding hydrogens is 218 g/mol. The SMILES string of the molecule is CC[C@@](C)(OC)C(=O)Nc1ccc(OC)cc1. The van der Waals surface area contributed by atoms with Crippen molar-refractivity contribution in [3.8, 4) is 5.75 Å². The fourth-order valence-corrected chi connectivity index (χ4v) is 1.34. The first-order valence-corrected chi connectivity index (χ1v) is 5.56. The van der Waals surface area contributed by atoms with Gasteiger partial charge in [0.25, 0.3) is 5.91 Å². The Labute approximate surface area is 102 Å². The molecule has 1 N–H and O–H groups in total. The highest BCUT2D eigenvalue weighted by Gasteiger charge is 2.30. The van der Waals surface area contributed by atoms with Crippen molar-refractivity contribution in [1.29, 1.82) is 0 Å². The second kappa shape index (κ2) is 5.68. The Hall–Kier alpha value is -1.55. The number of amides is 1. The fraction of sp³-hybridized carbons (Fsp3) is 0.462. The highest BCUT2D eigenvalue weighted by molar-refractivity contribution is 5.97. The predicted octanol–water partition coefficient (Wildman–Crippen LogP) is 2.45. The van der Waals surface area contributed by atoms with E-state index >= 15 is 0 Å². The molecule has 1 amide bonds. The van der Waals surface area contributed by atoms with E-state index in [9.17, 15) is 4.79 Å². The minimum absolute atomic E-state index is 0.146. The summed E-state index contributed by atoms with van der Waals surface area (Å²) < 4.78 is 10.3. The molecule has 1 rings (SSSR count). The maximum atomic E-state index is 12.0. The third kappa shape index (κ3) is 3.20. The van der Waals surface area contributed by atoms with E-state index in [1.807, 2.05) is 6.92 Å². The third-order valence-corrected chi connectivity index (χ3v) is 2.95. The zero-order chi connectivity index (χ0) is 12.9. The second-order valence-electron chi connectivity index (χ2n) is 3.97. The lowest BCUT2D eigenvalue weighted by molar-refractivity contribution is -0.136. The van der Waals surface area contributed by atoms with Gasteiger partial charge in [-0.3, -0.25) is 4.79 Å². The second-order valence-corrected chi connectivity index (χ2v) is 3.97. The Morgan fingerprint density at radius 1 is 1.29 bits per heavy atom. The van der Waals surface area contributed by atoms with Gasteiger partial charge in [-0.1, -0.05) is 6.92 Å². The topological polar surface area (TPSA) is 47.6 Å². The molecule has 0 radical (unpaired) electrons. The molecule has 1 aromatic carbocycles. The first-order chi connectivity index (χ1) is 8.05. The molecule has 0 fully saturated rings. The van der Waals surface area contributed by atoms with E-state index in [4.69, 9.17) is 9.47 Å². The number of carbonyl (C=O) groups excluding carboxylic acids is 1. The van der Waals surface area contributed by atoms with Crippen LogP contribution >= 0.6 is 0 Å². The van der Waals surface area contributed by atoms with Crippen LogP contribution in [0.4, 0.5) is 5.69 Å². The summed E-state index contributed by atoms with van der Waals surface area (Å²) in [6.45, 7) is 3.68. The molecule has 17 heavy (non-hydrogen) atoms. The largest absolute Gasteiger partial charge is 0.497 e. The molecule has 1 aromatic rings. The van der Waals surface area contributed by atoms with E-state index < -0.39 is 5.60 Å². The van der Waals surface area contributed by atoms with Crippen LogP contribution in [0.3, 0.4) is 0 Å². The highest BCUT2D eigenvalue weighted by atomic mass is 16.5. The third-order valence-electron chi connectivity index (χ3n) is 2.95. The molecule has 0 aliphatic rings. The summed E-state index contributed by atoms with van der Waals surface area (Å²) in [6, 6.07) is 7.18. The minimum Gasteiger partial charge on any atom is -0.497 e. The van der Waals surface area contributed by atoms with Crippen molar-refractivity contribution in [1.82, 2.24) is 0 Å². The number of anilines is 1. The van der Waals surface area contributed by atoms with Gasteiger partial charge in [0, 0.05) is 12.8 Å². The molecule has 0 aliphatic heterocycles. The van der Waals surface area contributed by atoms with Crippen molar-refractivity contribution in [2.75, 3.05) is 19.5 Å². The molecule has 1 atom stereocenters. The monoisotopic (exact) mass is 237 g/mol. The molecule has 0 aromatic heterocycles. The Kier molecular flexibility index (Phi) is 4.52. The summed E-state index contributed by atoms with van der Waals surface area (Å²) in [5.74, 6) is 0.612. The molecule has 4 nitrogen and oxygen atoms in total. The van der Waals surface area contributed by atoms with E-state index in [-0.39, 0.29) is 5.91 Å². The van der Waals surface area contributed by atoms with E-state index in [2.05, 4.69) is 5.32 Å². The van der Waals surface area contributed by atoms with Crippen LogP contribution in [-0.4, -0.2) is 25.7 Å². The van der Waals surface area contributed by atoms with Crippen LogP contribution in [0.25, 0.3) is 0 Å². The Balaban J connectivity index is 2.73. The lowest BCUT2D eigenvalue weighted by atomic mass is 10.0. The van der Waals surface area contributed by atoms with Crippen molar-refractivity contribution in [3.05, 3.63) is 24.3 Å². The van der Waals surface area contributed by atoms with Crippen molar-refractivity contribution < 1.29 is 14.3 Å². The number of hydrogen-bond acceptors (Lipinski definition) is 3. The minimum atomic E-state index is -0.792. The zero-order valence-corrected chi connectivity index (χ0v) is 10.7. The van der Waals surface area contributed by atoms with Crippen molar-refractivity contribution in [2.45, 2.75) is 25.9 Å². The van der Waals surface area contributed by atoms with Gasteiger partial charge in [-0.15, -0.1) is 0 Å². The maximum Gasteiger partial charge on any atom is 0.256 e. The van der Waals surface area contributed by atoms with Crippen molar-refractivity contribution >= 4 is 11.6 Å². The van der Waals surface area contributed by atoms with Crippen LogP contribution in [0.15, 0.2) is 24.3 Å². The summed E-state index contributed by atoms with van der Waals surface area (Å²) in [5, 5.41) is 2.82. The van der Waals surface area contributed by atoms with Crippen LogP contribution in [0.2, 0.25) is 0 Å². The molecule has 0 spiro atoms. The molecule has 0 saturated carbocycles. The number of methoxy groups -OCH3 is 2. The number of ether oxygens (including phenoxy) is 2. The zero-order valence-electron chi connectivity index (χ0n) is 10.7. The summed E-state index contributed by atoms with van der Waals surface area (Å²) >= 11 is 0. The van der Waals surface area contributed by atoms with Gasteiger partial charge in [0.15, 0.2) is 0 Å². The van der Waals surface area contributed by atoms with Gasteiger partial charge in [-0.25, -0.2) is 0 Å². The summed E-state index contributed by atoms with van der Waals surface area (Å²) in [4.78, 5) is 12.0. The Morgan fingerprint density at radius 2 is 1.88 bits per heavy atom. The van der Waals surface area contributed by atoms with Gasteiger partial charge in [-0.2, -0.15) is 0 Å². The molecule has 0 saturated heterocycles. The smallest absolute Gasteiger partial charge is 0.256 e. The van der Waals surface area contributed by atoms with E-state index in [0.717, 1.165) is 11.4 Å². The van der Waals surface area contributed by atoms with Crippen molar-refractivity contribution in [3.63, 3.8) is 0 Å². The molecule has 0 aliphatic carbocycles. The van der Waals surface area contributed by atoms with Crippen LogP contribution in [0, 0.1) is 0 Å². The summed E-state index contributed by atoms with van der Waals surface area (Å²) in [5.41, 5.74) is -0.0625. The van der Waals surface area contributed by atoms with Gasteiger partial charge < -0.3 is 14.8 Å². The number of nitrogens with one attached hydrogen (secondary N) is 1. The van der Waals surface area contributed by atoms with Gasteiger partial charge in [0.1, 0.15) is 11.4 Å². The molecule has 0 heterocycles. The normalized spacial score (nSPS) is 13.9. The molecule has 0 bridgehead atoms. The van der Waals surface area contributed by atoms with Crippen LogP contribution in [0.1, 0.15) is 20.3 Å². The van der Waals surface area contributed by atoms with Gasteiger partial charge in [0.2, 0.25) is 0 Å². The molecule has 94 valence electrons. The van der Waals surface area contributed by atoms with Crippen LogP contribution in [-0.2, 0) is 9.53 Å². The standard InChI is InChI=1S/C13H19NO3/c1-5-13(2,17-4)12(15)14-10-6-8-11(16-3)9-7-10/h6-9H,5H2,1-4H3,(H,14,15)/t13-/m1/s1. The lowest BCUT2D eigenvalue weighted by Crippen LogP contribution is -2.41. The van der Waals surface area contributed by atoms with E-state index in [0.29, 0.717) is 6.42 Å². The van der Waals surface area contributed by atoms with Crippen molar-refractivity contribution in [2.24, 2.45) is 0 Å². The maximum absolute atomic E-state index is 12.0. The van der Waals surface area contributed by atoms with Gasteiger partial charge >= 0.3 is 0 Å². The first-order valence-electron chi connectivity index (χ1n) is 5.56. The number of rotatable bonds is 5. The predicted molar refractivity (Wildman–Crippen MR) is 67.3 cm³/mol. The molecular formula is C13H19NO3. The lowest BCUT2D eigenvalue weighted by Gasteiger charge is -2.25. The van der Waals surface area contributed by atoms with E-state index in [1.54, 1.807) is 38.3 Å². The Bertz CT molecular complexity index is 369. The number of carbonyl (C=O) groups is 1. The van der Waals surface area contributed by atoms with Crippen LogP contribution < -0.4 is 10.1 Å². The molecule has 0 unspecified atom stereocenters. The quantitative estimate of drug-likeness (QED) is 0.855. The first kappa shape index (κ1) is 13.5. The van der Waals surface area contributed by atoms with Gasteiger partial charge in [0.05, 0.1) is 7.11 Å². The summed E-state index contributed by atoms with van der Waals surface area (Å²) in [7, 11) is 3.14. The van der Waals surface area contributed by atoms with E-state index in [1.165, 1.54) is 7.11 Å². The van der Waals surface area contributed by atoms with Gasteiger partial charge in [-0.05, 0) is 37.6 Å². The Morgan fingerprint density at radius 3 is 2.29 bits per heavy atom.